The molecule has 1 aromatic rings. The molecule has 0 aliphatic heterocycles. The summed E-state index contributed by atoms with van der Waals surface area (Å²) in [5, 5.41) is 2.03. The van der Waals surface area contributed by atoms with E-state index in [4.69, 9.17) is 0 Å². The van der Waals surface area contributed by atoms with Crippen LogP contribution in [0.4, 0.5) is 5.69 Å². The molecule has 0 atom stereocenters. The first-order valence-electron chi connectivity index (χ1n) is 4.28. The fourth-order valence-corrected chi connectivity index (χ4v) is 1.26. The molecule has 2 heteroatoms. The van der Waals surface area contributed by atoms with Crippen molar-refractivity contribution < 1.29 is 0 Å². The van der Waals surface area contributed by atoms with Crippen molar-refractivity contribution in [3.63, 3.8) is 0 Å². The summed E-state index contributed by atoms with van der Waals surface area (Å²) < 4.78 is 0. The molecular formula is C10H16N2. The van der Waals surface area contributed by atoms with Gasteiger partial charge in [0.05, 0.1) is 5.69 Å². The number of hydrogen-bond acceptors (Lipinski definition) is 2. The van der Waals surface area contributed by atoms with Gasteiger partial charge in [-0.2, -0.15) is 0 Å². The first kappa shape index (κ1) is 9.07. The number of hydrogen-bond donors (Lipinski definition) is 1. The smallest absolute Gasteiger partial charge is 0.0548 e. The second kappa shape index (κ2) is 4.12. The molecule has 1 rings (SSSR count). The zero-order chi connectivity index (χ0) is 8.97. The van der Waals surface area contributed by atoms with Crippen molar-refractivity contribution in [2.24, 2.45) is 0 Å². The molecule has 0 unspecified atom stereocenters. The summed E-state index contributed by atoms with van der Waals surface area (Å²) in [6.07, 6.45) is 1.07. The summed E-state index contributed by atoms with van der Waals surface area (Å²) in [6, 6.07) is 8.41. The van der Waals surface area contributed by atoms with E-state index in [1.54, 1.807) is 0 Å². The quantitative estimate of drug-likeness (QED) is 0.685. The predicted octanol–water partition coefficient (Wildman–Crippen LogP) is 1.82. The maximum absolute atomic E-state index is 3.09. The minimum Gasteiger partial charge on any atom is -0.311 e. The fourth-order valence-electron chi connectivity index (χ4n) is 1.26. The van der Waals surface area contributed by atoms with E-state index >= 15 is 0 Å². The van der Waals surface area contributed by atoms with Crippen LogP contribution in [0.5, 0.6) is 0 Å². The number of anilines is 1. The van der Waals surface area contributed by atoms with Crippen LogP contribution in [0.3, 0.4) is 0 Å². The number of para-hydroxylation sites is 1. The molecule has 0 bridgehead atoms. The number of aryl methyl sites for hydroxylation is 1. The van der Waals surface area contributed by atoms with Gasteiger partial charge < -0.3 is 5.01 Å². The van der Waals surface area contributed by atoms with Crippen molar-refractivity contribution in [1.29, 1.82) is 0 Å². The van der Waals surface area contributed by atoms with Crippen LogP contribution in [-0.4, -0.2) is 14.1 Å². The molecule has 0 aromatic heterocycles. The Labute approximate surface area is 74.2 Å². The van der Waals surface area contributed by atoms with Gasteiger partial charge in [-0.05, 0) is 18.1 Å². The Hall–Kier alpha value is -1.02. The van der Waals surface area contributed by atoms with Crippen LogP contribution in [0.15, 0.2) is 24.3 Å². The lowest BCUT2D eigenvalue weighted by molar-refractivity contribution is 0.785. The highest BCUT2D eigenvalue weighted by molar-refractivity contribution is 5.51. The molecule has 0 spiro atoms. The molecule has 0 aliphatic rings. The lowest BCUT2D eigenvalue weighted by Crippen LogP contribution is -2.31. The van der Waals surface area contributed by atoms with Gasteiger partial charge in [0, 0.05) is 14.1 Å². The first-order valence-corrected chi connectivity index (χ1v) is 4.28. The van der Waals surface area contributed by atoms with Crippen LogP contribution in [-0.2, 0) is 6.42 Å². The highest BCUT2D eigenvalue weighted by Gasteiger charge is 2.01. The number of rotatable bonds is 3. The third-order valence-corrected chi connectivity index (χ3v) is 2.07. The molecule has 0 heterocycles. The van der Waals surface area contributed by atoms with E-state index in [1.807, 2.05) is 19.1 Å². The zero-order valence-electron chi connectivity index (χ0n) is 7.96. The number of nitrogens with zero attached hydrogens (tertiary/aromatic N) is 1. The number of benzene rings is 1. The molecule has 0 saturated heterocycles. The van der Waals surface area contributed by atoms with Crippen molar-refractivity contribution >= 4 is 5.69 Å². The van der Waals surface area contributed by atoms with Crippen LogP contribution in [0, 0.1) is 0 Å². The molecule has 0 saturated carbocycles. The summed E-state index contributed by atoms with van der Waals surface area (Å²) in [7, 11) is 3.95. The summed E-state index contributed by atoms with van der Waals surface area (Å²) in [5.41, 5.74) is 5.71. The Kier molecular flexibility index (Phi) is 3.11. The van der Waals surface area contributed by atoms with E-state index in [9.17, 15) is 0 Å². The molecule has 0 fully saturated rings. The van der Waals surface area contributed by atoms with Crippen LogP contribution in [0.1, 0.15) is 12.5 Å². The molecule has 1 aromatic carbocycles. The molecule has 0 amide bonds. The van der Waals surface area contributed by atoms with E-state index in [0.29, 0.717) is 0 Å². The number of nitrogens with one attached hydrogen (secondary N) is 1. The molecule has 2 nitrogen and oxygen atoms in total. The highest BCUT2D eigenvalue weighted by atomic mass is 15.5. The SMILES string of the molecule is CCc1ccccc1N(C)NC. The van der Waals surface area contributed by atoms with Crippen molar-refractivity contribution in [2.45, 2.75) is 13.3 Å². The largest absolute Gasteiger partial charge is 0.311 e. The van der Waals surface area contributed by atoms with E-state index in [-0.39, 0.29) is 0 Å². The molecule has 12 heavy (non-hydrogen) atoms. The Morgan fingerprint density at radius 1 is 1.33 bits per heavy atom. The lowest BCUT2D eigenvalue weighted by Gasteiger charge is -2.20. The van der Waals surface area contributed by atoms with Crippen molar-refractivity contribution in [3.8, 4) is 0 Å². The van der Waals surface area contributed by atoms with Gasteiger partial charge in [0.15, 0.2) is 0 Å². The van der Waals surface area contributed by atoms with Gasteiger partial charge in [0.25, 0.3) is 0 Å². The van der Waals surface area contributed by atoms with Crippen molar-refractivity contribution in [2.75, 3.05) is 19.1 Å². The van der Waals surface area contributed by atoms with Gasteiger partial charge in [-0.1, -0.05) is 25.1 Å². The van der Waals surface area contributed by atoms with Crippen molar-refractivity contribution in [1.82, 2.24) is 5.43 Å². The minimum atomic E-state index is 1.07. The van der Waals surface area contributed by atoms with E-state index in [0.717, 1.165) is 6.42 Å². The normalized spacial score (nSPS) is 9.92. The topological polar surface area (TPSA) is 15.3 Å². The summed E-state index contributed by atoms with van der Waals surface area (Å²) in [5.74, 6) is 0. The standard InChI is InChI=1S/C10H16N2/c1-4-9-7-5-6-8-10(9)12(3)11-2/h5-8,11H,4H2,1-3H3. The van der Waals surface area contributed by atoms with Gasteiger partial charge >= 0.3 is 0 Å². The average molecular weight is 164 g/mol. The van der Waals surface area contributed by atoms with Crippen LogP contribution >= 0.6 is 0 Å². The Balaban J connectivity index is 2.96. The summed E-state index contributed by atoms with van der Waals surface area (Å²) in [4.78, 5) is 0. The molecule has 1 N–H and O–H groups in total. The van der Waals surface area contributed by atoms with Gasteiger partial charge in [0.2, 0.25) is 0 Å². The van der Waals surface area contributed by atoms with Gasteiger partial charge in [-0.15, -0.1) is 0 Å². The van der Waals surface area contributed by atoms with Crippen LogP contribution < -0.4 is 10.4 Å². The van der Waals surface area contributed by atoms with E-state index < -0.39 is 0 Å². The third-order valence-electron chi connectivity index (χ3n) is 2.07. The Morgan fingerprint density at radius 2 is 2.00 bits per heavy atom. The monoisotopic (exact) mass is 164 g/mol. The maximum atomic E-state index is 3.09. The van der Waals surface area contributed by atoms with Crippen LogP contribution in [0.2, 0.25) is 0 Å². The zero-order valence-corrected chi connectivity index (χ0v) is 7.96. The van der Waals surface area contributed by atoms with Gasteiger partial charge in [-0.25, -0.2) is 5.43 Å². The molecule has 66 valence electrons. The highest BCUT2D eigenvalue weighted by Crippen LogP contribution is 2.17. The minimum absolute atomic E-state index is 1.07. The van der Waals surface area contributed by atoms with E-state index in [2.05, 4.69) is 36.6 Å². The molecular weight excluding hydrogens is 148 g/mol. The maximum Gasteiger partial charge on any atom is 0.0548 e. The number of hydrazine groups is 1. The summed E-state index contributed by atoms with van der Waals surface area (Å²) in [6.45, 7) is 2.17. The first-order chi connectivity index (χ1) is 5.79. The van der Waals surface area contributed by atoms with Gasteiger partial charge in [-0.3, -0.25) is 0 Å². The molecule has 0 radical (unpaired) electrons. The Bertz CT molecular complexity index is 245. The second-order valence-electron chi connectivity index (χ2n) is 2.76. The Morgan fingerprint density at radius 3 is 2.58 bits per heavy atom. The second-order valence-corrected chi connectivity index (χ2v) is 2.76. The predicted molar refractivity (Wildman–Crippen MR) is 53.3 cm³/mol. The molecule has 0 aliphatic carbocycles. The summed E-state index contributed by atoms with van der Waals surface area (Å²) >= 11 is 0. The van der Waals surface area contributed by atoms with E-state index in [1.165, 1.54) is 11.3 Å². The third kappa shape index (κ3) is 1.77. The van der Waals surface area contributed by atoms with Crippen LogP contribution in [0.25, 0.3) is 0 Å². The van der Waals surface area contributed by atoms with Gasteiger partial charge in [0.1, 0.15) is 0 Å². The lowest BCUT2D eigenvalue weighted by atomic mass is 10.1. The van der Waals surface area contributed by atoms with Crippen molar-refractivity contribution in [3.05, 3.63) is 29.8 Å². The average Bonchev–Trinajstić information content (AvgIpc) is 2.16. The fraction of sp³-hybridized carbons (Fsp3) is 0.400.